The zero-order valence-corrected chi connectivity index (χ0v) is 13.7. The quantitative estimate of drug-likeness (QED) is 0.910. The van der Waals surface area contributed by atoms with Crippen LogP contribution < -0.4 is 10.6 Å². The molecule has 2 heterocycles. The maximum Gasteiger partial charge on any atom is 0.221 e. The number of benzene rings is 1. The zero-order chi connectivity index (χ0) is 15.5. The molecule has 0 bridgehead atoms. The topological polar surface area (TPSA) is 72.1 Å². The van der Waals surface area contributed by atoms with E-state index in [1.807, 2.05) is 12.1 Å². The summed E-state index contributed by atoms with van der Waals surface area (Å²) in [5.41, 5.74) is 7.97. The molecule has 1 aromatic heterocycles. The standard InChI is InChI=1S/C16H17BrN4O/c17-13-3-1-11(2-4-13)9-12-10-19-16(18)20-15(12)21-7-5-14(22)6-8-21/h1-4,10H,5-9H2,(H2,18,19,20). The normalized spacial score (nSPS) is 15.1. The SMILES string of the molecule is Nc1ncc(Cc2ccc(Br)cc2)c(N2CCC(=O)CC2)n1. The third-order valence-electron chi connectivity index (χ3n) is 3.79. The molecular weight excluding hydrogens is 344 g/mol. The lowest BCUT2D eigenvalue weighted by molar-refractivity contribution is -0.119. The second-order valence-corrected chi connectivity index (χ2v) is 6.32. The van der Waals surface area contributed by atoms with Crippen molar-refractivity contribution in [1.29, 1.82) is 0 Å². The van der Waals surface area contributed by atoms with Gasteiger partial charge in [0.05, 0.1) is 0 Å². The maximum absolute atomic E-state index is 11.4. The van der Waals surface area contributed by atoms with Crippen molar-refractivity contribution in [1.82, 2.24) is 9.97 Å². The summed E-state index contributed by atoms with van der Waals surface area (Å²) < 4.78 is 1.06. The highest BCUT2D eigenvalue weighted by Gasteiger charge is 2.20. The summed E-state index contributed by atoms with van der Waals surface area (Å²) in [7, 11) is 0. The number of nitrogens with zero attached hydrogens (tertiary/aromatic N) is 3. The predicted octanol–water partition coefficient (Wildman–Crippen LogP) is 2.58. The maximum atomic E-state index is 11.4. The fraction of sp³-hybridized carbons (Fsp3) is 0.312. The van der Waals surface area contributed by atoms with Gasteiger partial charge in [-0.3, -0.25) is 4.79 Å². The van der Waals surface area contributed by atoms with Crippen molar-refractivity contribution in [2.45, 2.75) is 19.3 Å². The molecule has 3 rings (SSSR count). The largest absolute Gasteiger partial charge is 0.368 e. The van der Waals surface area contributed by atoms with Crippen LogP contribution in [0.1, 0.15) is 24.0 Å². The van der Waals surface area contributed by atoms with E-state index < -0.39 is 0 Å². The zero-order valence-electron chi connectivity index (χ0n) is 12.1. The van der Waals surface area contributed by atoms with Crippen molar-refractivity contribution in [3.8, 4) is 0 Å². The fourth-order valence-electron chi connectivity index (χ4n) is 2.60. The number of carbonyl (C=O) groups excluding carboxylic acids is 1. The van der Waals surface area contributed by atoms with Crippen LogP contribution in [0.5, 0.6) is 0 Å². The van der Waals surface area contributed by atoms with Crippen LogP contribution in [0.25, 0.3) is 0 Å². The average molecular weight is 361 g/mol. The number of Topliss-reactive ketones (excluding diaryl/α,β-unsaturated/α-hetero) is 1. The summed E-state index contributed by atoms with van der Waals surface area (Å²) >= 11 is 3.44. The van der Waals surface area contributed by atoms with Gasteiger partial charge < -0.3 is 10.6 Å². The van der Waals surface area contributed by atoms with Crippen LogP contribution in [0, 0.1) is 0 Å². The molecule has 0 radical (unpaired) electrons. The van der Waals surface area contributed by atoms with Crippen LogP contribution in [0.2, 0.25) is 0 Å². The second-order valence-electron chi connectivity index (χ2n) is 5.41. The minimum Gasteiger partial charge on any atom is -0.368 e. The molecule has 0 aliphatic carbocycles. The third kappa shape index (κ3) is 3.44. The van der Waals surface area contributed by atoms with Crippen LogP contribution in [-0.4, -0.2) is 28.8 Å². The van der Waals surface area contributed by atoms with Crippen LogP contribution in [-0.2, 0) is 11.2 Å². The molecule has 114 valence electrons. The lowest BCUT2D eigenvalue weighted by Crippen LogP contribution is -2.35. The van der Waals surface area contributed by atoms with Gasteiger partial charge in [-0.1, -0.05) is 28.1 Å². The number of halogens is 1. The van der Waals surface area contributed by atoms with Crippen molar-refractivity contribution < 1.29 is 4.79 Å². The first-order valence-corrected chi connectivity index (χ1v) is 8.03. The summed E-state index contributed by atoms with van der Waals surface area (Å²) in [5, 5.41) is 0. The Morgan fingerprint density at radius 2 is 1.86 bits per heavy atom. The third-order valence-corrected chi connectivity index (χ3v) is 4.32. The van der Waals surface area contributed by atoms with Gasteiger partial charge in [-0.2, -0.15) is 4.98 Å². The van der Waals surface area contributed by atoms with Gasteiger partial charge in [-0.25, -0.2) is 4.98 Å². The number of nitrogens with two attached hydrogens (primary N) is 1. The number of hydrogen-bond acceptors (Lipinski definition) is 5. The van der Waals surface area contributed by atoms with Crippen LogP contribution in [0.3, 0.4) is 0 Å². The highest BCUT2D eigenvalue weighted by molar-refractivity contribution is 9.10. The summed E-state index contributed by atoms with van der Waals surface area (Å²) in [6.07, 6.45) is 3.67. The minimum absolute atomic E-state index is 0.270. The molecule has 2 N–H and O–H groups in total. The molecule has 1 aliphatic rings. The summed E-state index contributed by atoms with van der Waals surface area (Å²) in [6, 6.07) is 8.19. The van der Waals surface area contributed by atoms with Gasteiger partial charge >= 0.3 is 0 Å². The monoisotopic (exact) mass is 360 g/mol. The van der Waals surface area contributed by atoms with E-state index in [1.54, 1.807) is 6.20 Å². The van der Waals surface area contributed by atoms with E-state index in [9.17, 15) is 4.79 Å². The fourth-order valence-corrected chi connectivity index (χ4v) is 2.86. The number of rotatable bonds is 3. The number of piperidine rings is 1. The van der Waals surface area contributed by atoms with Crippen LogP contribution >= 0.6 is 15.9 Å². The molecule has 0 spiro atoms. The summed E-state index contributed by atoms with van der Waals surface area (Å²) in [5.74, 6) is 1.43. The number of ketones is 1. The first-order chi connectivity index (χ1) is 10.6. The van der Waals surface area contributed by atoms with E-state index >= 15 is 0 Å². The van der Waals surface area contributed by atoms with Gasteiger partial charge in [0.15, 0.2) is 0 Å². The Morgan fingerprint density at radius 3 is 2.55 bits per heavy atom. The van der Waals surface area contributed by atoms with E-state index in [0.717, 1.165) is 22.3 Å². The lowest BCUT2D eigenvalue weighted by atomic mass is 10.0. The molecule has 0 atom stereocenters. The van der Waals surface area contributed by atoms with Gasteiger partial charge in [-0.05, 0) is 17.7 Å². The Kier molecular flexibility index (Phi) is 4.38. The van der Waals surface area contributed by atoms with Crippen LogP contribution in [0.15, 0.2) is 34.9 Å². The van der Waals surface area contributed by atoms with Gasteiger partial charge in [0.1, 0.15) is 11.6 Å². The van der Waals surface area contributed by atoms with Gasteiger partial charge in [0.25, 0.3) is 0 Å². The van der Waals surface area contributed by atoms with Crippen molar-refractivity contribution in [2.75, 3.05) is 23.7 Å². The van der Waals surface area contributed by atoms with Crippen LogP contribution in [0.4, 0.5) is 11.8 Å². The van der Waals surface area contributed by atoms with E-state index in [0.29, 0.717) is 31.7 Å². The molecule has 1 saturated heterocycles. The number of anilines is 2. The molecule has 0 unspecified atom stereocenters. The van der Waals surface area contributed by atoms with Crippen molar-refractivity contribution in [2.24, 2.45) is 0 Å². The molecule has 1 aliphatic heterocycles. The number of carbonyl (C=O) groups is 1. The smallest absolute Gasteiger partial charge is 0.221 e. The Balaban J connectivity index is 1.87. The van der Waals surface area contributed by atoms with Gasteiger partial charge in [-0.15, -0.1) is 0 Å². The molecule has 0 saturated carbocycles. The molecule has 5 nitrogen and oxygen atoms in total. The number of nitrogen functional groups attached to an aromatic ring is 1. The Hall–Kier alpha value is -1.95. The van der Waals surface area contributed by atoms with E-state index in [2.05, 4.69) is 42.9 Å². The number of hydrogen-bond donors (Lipinski definition) is 1. The van der Waals surface area contributed by atoms with E-state index in [-0.39, 0.29) is 5.95 Å². The molecule has 1 aromatic carbocycles. The van der Waals surface area contributed by atoms with E-state index in [4.69, 9.17) is 5.73 Å². The van der Waals surface area contributed by atoms with Crippen molar-refractivity contribution in [3.05, 3.63) is 46.1 Å². The Labute approximate surface area is 137 Å². The molecule has 22 heavy (non-hydrogen) atoms. The summed E-state index contributed by atoms with van der Waals surface area (Å²) in [6.45, 7) is 1.39. The molecule has 0 amide bonds. The first kappa shape index (κ1) is 15.0. The molecule has 1 fully saturated rings. The Bertz CT molecular complexity index is 677. The first-order valence-electron chi connectivity index (χ1n) is 7.24. The minimum atomic E-state index is 0.270. The van der Waals surface area contributed by atoms with Gasteiger partial charge in [0, 0.05) is 48.6 Å². The molecule has 2 aromatic rings. The lowest BCUT2D eigenvalue weighted by Gasteiger charge is -2.28. The van der Waals surface area contributed by atoms with Gasteiger partial charge in [0.2, 0.25) is 5.95 Å². The van der Waals surface area contributed by atoms with Crippen molar-refractivity contribution in [3.63, 3.8) is 0 Å². The Morgan fingerprint density at radius 1 is 1.18 bits per heavy atom. The molecule has 6 heteroatoms. The van der Waals surface area contributed by atoms with E-state index in [1.165, 1.54) is 5.56 Å². The average Bonchev–Trinajstić information content (AvgIpc) is 2.52. The second kappa shape index (κ2) is 6.44. The predicted molar refractivity (Wildman–Crippen MR) is 89.8 cm³/mol. The number of aromatic nitrogens is 2. The molecular formula is C16H17BrN4O. The highest BCUT2D eigenvalue weighted by Crippen LogP contribution is 2.24. The highest BCUT2D eigenvalue weighted by atomic mass is 79.9. The summed E-state index contributed by atoms with van der Waals surface area (Å²) in [4.78, 5) is 22.1. The van der Waals surface area contributed by atoms with Crippen molar-refractivity contribution >= 4 is 33.5 Å².